The molecule has 1 aromatic carbocycles. The van der Waals surface area contributed by atoms with Gasteiger partial charge < -0.3 is 9.72 Å². The number of rotatable bonds is 3. The molecule has 0 amide bonds. The van der Waals surface area contributed by atoms with Crippen LogP contribution in [0.2, 0.25) is 10.0 Å². The van der Waals surface area contributed by atoms with Gasteiger partial charge in [0.05, 0.1) is 28.5 Å². The zero-order valence-corrected chi connectivity index (χ0v) is 12.4. The molecule has 0 aliphatic rings. The van der Waals surface area contributed by atoms with Gasteiger partial charge in [0.1, 0.15) is 11.7 Å². The molecular weight excluding hydrogens is 307 g/mol. The van der Waals surface area contributed by atoms with Gasteiger partial charge >= 0.3 is 0 Å². The van der Waals surface area contributed by atoms with Gasteiger partial charge in [0, 0.05) is 17.4 Å². The van der Waals surface area contributed by atoms with Crippen LogP contribution in [-0.4, -0.2) is 9.38 Å². The van der Waals surface area contributed by atoms with E-state index < -0.39 is 0 Å². The lowest BCUT2D eigenvalue weighted by Crippen LogP contribution is -2.01. The second-order valence-corrected chi connectivity index (χ2v) is 5.37. The first-order valence-corrected chi connectivity index (χ1v) is 6.98. The van der Waals surface area contributed by atoms with E-state index in [2.05, 4.69) is 16.4 Å². The van der Waals surface area contributed by atoms with Crippen LogP contribution >= 0.6 is 23.2 Å². The summed E-state index contributed by atoms with van der Waals surface area (Å²) in [6.45, 7) is 0.510. The highest BCUT2D eigenvalue weighted by Gasteiger charge is 2.05. The van der Waals surface area contributed by atoms with Crippen LogP contribution in [0.15, 0.2) is 42.7 Å². The van der Waals surface area contributed by atoms with Crippen LogP contribution in [-0.2, 0) is 6.54 Å². The van der Waals surface area contributed by atoms with Crippen molar-refractivity contribution >= 4 is 34.5 Å². The third-order valence-corrected chi connectivity index (χ3v) is 3.49. The Morgan fingerprint density at radius 2 is 1.95 bits per heavy atom. The molecule has 104 valence electrons. The molecule has 0 unspecified atom stereocenters. The molecule has 0 fully saturated rings. The average Bonchev–Trinajstić information content (AvgIpc) is 2.87. The van der Waals surface area contributed by atoms with E-state index in [4.69, 9.17) is 28.5 Å². The summed E-state index contributed by atoms with van der Waals surface area (Å²) in [6, 6.07) is 10.9. The number of nitriles is 1. The van der Waals surface area contributed by atoms with Crippen molar-refractivity contribution in [2.24, 2.45) is 0 Å². The number of halogens is 2. The zero-order valence-electron chi connectivity index (χ0n) is 10.8. The number of benzene rings is 1. The Morgan fingerprint density at radius 3 is 2.76 bits per heavy atom. The highest BCUT2D eigenvalue weighted by atomic mass is 35.5. The smallest absolute Gasteiger partial charge is 0.137 e. The lowest BCUT2D eigenvalue weighted by atomic mass is 10.2. The Hall–Kier alpha value is -2.22. The quantitative estimate of drug-likeness (QED) is 0.790. The molecule has 0 aliphatic heterocycles. The van der Waals surface area contributed by atoms with E-state index in [1.165, 1.54) is 0 Å². The fourth-order valence-electron chi connectivity index (χ4n) is 2.05. The molecule has 3 rings (SSSR count). The lowest BCUT2D eigenvalue weighted by molar-refractivity contribution is 1.08. The summed E-state index contributed by atoms with van der Waals surface area (Å²) in [5.74, 6) is 0. The zero-order chi connectivity index (χ0) is 14.8. The van der Waals surface area contributed by atoms with Gasteiger partial charge in [0.2, 0.25) is 0 Å². The highest BCUT2D eigenvalue weighted by molar-refractivity contribution is 6.31. The molecule has 0 saturated heterocycles. The molecule has 4 nitrogen and oxygen atoms in total. The molecule has 3 aromatic rings. The second kappa shape index (κ2) is 5.65. The molecule has 2 aromatic heterocycles. The molecule has 1 N–H and O–H groups in total. The van der Waals surface area contributed by atoms with Crippen LogP contribution < -0.4 is 5.32 Å². The number of nitrogens with zero attached hydrogens (tertiary/aromatic N) is 3. The molecule has 2 heterocycles. The maximum atomic E-state index is 9.10. The van der Waals surface area contributed by atoms with Crippen molar-refractivity contribution in [3.63, 3.8) is 0 Å². The van der Waals surface area contributed by atoms with E-state index in [1.807, 2.05) is 16.7 Å². The molecule has 21 heavy (non-hydrogen) atoms. The van der Waals surface area contributed by atoms with Crippen LogP contribution in [0, 0.1) is 11.3 Å². The summed E-state index contributed by atoms with van der Waals surface area (Å²) in [7, 11) is 0. The lowest BCUT2D eigenvalue weighted by Gasteiger charge is -2.06. The summed E-state index contributed by atoms with van der Waals surface area (Å²) >= 11 is 11.8. The number of fused-ring (bicyclic) bond motifs is 1. The number of nitrogens with one attached hydrogen (secondary N) is 1. The number of hydrogen-bond acceptors (Lipinski definition) is 3. The van der Waals surface area contributed by atoms with Gasteiger partial charge in [0.15, 0.2) is 0 Å². The molecule has 0 bridgehead atoms. The summed E-state index contributed by atoms with van der Waals surface area (Å²) in [5, 5.41) is 13.5. The van der Waals surface area contributed by atoms with Crippen LogP contribution in [0.4, 0.5) is 5.69 Å². The van der Waals surface area contributed by atoms with Crippen molar-refractivity contribution in [3.05, 3.63) is 64.0 Å². The van der Waals surface area contributed by atoms with Gasteiger partial charge in [-0.05, 0) is 30.3 Å². The minimum atomic E-state index is 0.509. The van der Waals surface area contributed by atoms with Crippen LogP contribution in [0.3, 0.4) is 0 Å². The Morgan fingerprint density at radius 1 is 1.14 bits per heavy atom. The third kappa shape index (κ3) is 2.94. The Labute approximate surface area is 131 Å². The minimum Gasteiger partial charge on any atom is -0.378 e. The van der Waals surface area contributed by atoms with Crippen molar-refractivity contribution in [2.45, 2.75) is 6.54 Å². The summed E-state index contributed by atoms with van der Waals surface area (Å²) < 4.78 is 1.87. The Bertz CT molecular complexity index is 848. The number of anilines is 1. The van der Waals surface area contributed by atoms with E-state index in [1.54, 1.807) is 30.5 Å². The first kappa shape index (κ1) is 13.7. The van der Waals surface area contributed by atoms with Crippen LogP contribution in [0.25, 0.3) is 5.65 Å². The average molecular weight is 317 g/mol. The van der Waals surface area contributed by atoms with Crippen molar-refractivity contribution < 1.29 is 0 Å². The first-order chi connectivity index (χ1) is 10.2. The molecule has 0 aliphatic carbocycles. The van der Waals surface area contributed by atoms with Gasteiger partial charge in [-0.3, -0.25) is 0 Å². The first-order valence-electron chi connectivity index (χ1n) is 6.22. The number of aromatic nitrogens is 2. The summed E-state index contributed by atoms with van der Waals surface area (Å²) in [6.07, 6.45) is 3.70. The van der Waals surface area contributed by atoms with Gasteiger partial charge in [-0.2, -0.15) is 5.26 Å². The Balaban J connectivity index is 1.82. The molecule has 0 spiro atoms. The van der Waals surface area contributed by atoms with Crippen molar-refractivity contribution in [1.29, 1.82) is 5.26 Å². The van der Waals surface area contributed by atoms with Crippen LogP contribution in [0.1, 0.15) is 11.3 Å². The normalized spacial score (nSPS) is 10.5. The van der Waals surface area contributed by atoms with Gasteiger partial charge in [0.25, 0.3) is 0 Å². The van der Waals surface area contributed by atoms with Gasteiger partial charge in [-0.15, -0.1) is 0 Å². The fraction of sp³-hybridized carbons (Fsp3) is 0.0667. The van der Waals surface area contributed by atoms with Crippen LogP contribution in [0.5, 0.6) is 0 Å². The maximum Gasteiger partial charge on any atom is 0.137 e. The number of imidazole rings is 1. The summed E-state index contributed by atoms with van der Waals surface area (Å²) in [5.41, 5.74) is 2.93. The van der Waals surface area contributed by atoms with E-state index >= 15 is 0 Å². The molecule has 0 atom stereocenters. The van der Waals surface area contributed by atoms with Crippen molar-refractivity contribution in [3.8, 4) is 6.07 Å². The number of pyridine rings is 1. The van der Waals surface area contributed by atoms with Gasteiger partial charge in [-0.1, -0.05) is 23.2 Å². The van der Waals surface area contributed by atoms with E-state index in [0.29, 0.717) is 22.2 Å². The Kier molecular flexibility index (Phi) is 3.70. The van der Waals surface area contributed by atoms with E-state index in [-0.39, 0.29) is 0 Å². The van der Waals surface area contributed by atoms with Crippen molar-refractivity contribution in [1.82, 2.24) is 9.38 Å². The van der Waals surface area contributed by atoms with E-state index in [9.17, 15) is 0 Å². The third-order valence-electron chi connectivity index (χ3n) is 3.03. The summed E-state index contributed by atoms with van der Waals surface area (Å²) in [4.78, 5) is 4.47. The number of hydrogen-bond donors (Lipinski definition) is 1. The van der Waals surface area contributed by atoms with E-state index in [0.717, 1.165) is 17.0 Å². The standard InChI is InChI=1S/C15H10Cl2N4/c16-11-1-3-14(10(5-11)6-18)19-7-13-9-21-8-12(17)2-4-15(21)20-13/h1-5,8-9,19H,7H2. The predicted molar refractivity (Wildman–Crippen MR) is 83.7 cm³/mol. The second-order valence-electron chi connectivity index (χ2n) is 4.50. The maximum absolute atomic E-state index is 9.10. The van der Waals surface area contributed by atoms with Crippen molar-refractivity contribution in [2.75, 3.05) is 5.32 Å². The minimum absolute atomic E-state index is 0.509. The monoisotopic (exact) mass is 316 g/mol. The molecule has 6 heteroatoms. The topological polar surface area (TPSA) is 53.1 Å². The molecule has 0 saturated carbocycles. The molecule has 0 radical (unpaired) electrons. The van der Waals surface area contributed by atoms with Gasteiger partial charge in [-0.25, -0.2) is 4.98 Å². The molecular formula is C15H10Cl2N4. The SMILES string of the molecule is N#Cc1cc(Cl)ccc1NCc1cn2cc(Cl)ccc2n1. The highest BCUT2D eigenvalue weighted by Crippen LogP contribution is 2.20. The largest absolute Gasteiger partial charge is 0.378 e. The predicted octanol–water partition coefficient (Wildman–Crippen LogP) is 4.12. The fourth-order valence-corrected chi connectivity index (χ4v) is 2.39.